The maximum Gasteiger partial charge on any atom is 0.332 e. The standard InChI is InChI=1S/C22H19FN2O3S/c23-15-9-7-14(8-10-15)12-25-21-19(17-5-1-2-6-18(17)29-21)20(26)24(22(25)27)13-16-4-3-11-28-16/h3-4,7-11H,1-2,5-6,12-13H2. The van der Waals surface area contributed by atoms with Gasteiger partial charge in [-0.2, -0.15) is 0 Å². The molecule has 4 aromatic rings. The minimum Gasteiger partial charge on any atom is -0.467 e. The van der Waals surface area contributed by atoms with E-state index in [1.807, 2.05) is 0 Å². The van der Waals surface area contributed by atoms with Gasteiger partial charge in [0.2, 0.25) is 0 Å². The van der Waals surface area contributed by atoms with Crippen LogP contribution >= 0.6 is 11.3 Å². The van der Waals surface area contributed by atoms with Crippen LogP contribution in [0.4, 0.5) is 4.39 Å². The highest BCUT2D eigenvalue weighted by Gasteiger charge is 2.24. The summed E-state index contributed by atoms with van der Waals surface area (Å²) in [5.41, 5.74) is 1.27. The third kappa shape index (κ3) is 3.15. The monoisotopic (exact) mass is 410 g/mol. The minimum absolute atomic E-state index is 0.0919. The molecule has 0 atom stereocenters. The fourth-order valence-electron chi connectivity index (χ4n) is 4.03. The van der Waals surface area contributed by atoms with Gasteiger partial charge in [0.1, 0.15) is 16.4 Å². The van der Waals surface area contributed by atoms with Crippen LogP contribution < -0.4 is 11.2 Å². The van der Waals surface area contributed by atoms with Gasteiger partial charge in [0.15, 0.2) is 0 Å². The Bertz CT molecular complexity index is 1300. The van der Waals surface area contributed by atoms with E-state index in [4.69, 9.17) is 4.42 Å². The largest absolute Gasteiger partial charge is 0.467 e. The number of thiophene rings is 1. The lowest BCUT2D eigenvalue weighted by molar-refractivity contribution is 0.479. The molecular formula is C22H19FN2O3S. The number of rotatable bonds is 4. The van der Waals surface area contributed by atoms with Gasteiger partial charge in [-0.1, -0.05) is 12.1 Å². The molecule has 0 saturated carbocycles. The summed E-state index contributed by atoms with van der Waals surface area (Å²) in [6.07, 6.45) is 5.48. The average Bonchev–Trinajstić information content (AvgIpc) is 3.37. The smallest absolute Gasteiger partial charge is 0.332 e. The molecule has 0 N–H and O–H groups in total. The number of nitrogens with zero attached hydrogens (tertiary/aromatic N) is 2. The number of furan rings is 1. The average molecular weight is 410 g/mol. The fraction of sp³-hybridized carbons (Fsp3) is 0.273. The van der Waals surface area contributed by atoms with E-state index in [9.17, 15) is 14.0 Å². The van der Waals surface area contributed by atoms with Gasteiger partial charge in [-0.25, -0.2) is 9.18 Å². The minimum atomic E-state index is -0.373. The zero-order valence-electron chi connectivity index (χ0n) is 15.7. The zero-order valence-corrected chi connectivity index (χ0v) is 16.5. The molecule has 29 heavy (non-hydrogen) atoms. The van der Waals surface area contributed by atoms with Crippen molar-refractivity contribution in [3.05, 3.63) is 91.1 Å². The summed E-state index contributed by atoms with van der Waals surface area (Å²) < 4.78 is 21.6. The van der Waals surface area contributed by atoms with Crippen molar-refractivity contribution in [1.29, 1.82) is 0 Å². The molecular weight excluding hydrogens is 391 g/mol. The molecule has 1 aromatic carbocycles. The topological polar surface area (TPSA) is 57.1 Å². The highest BCUT2D eigenvalue weighted by atomic mass is 32.1. The van der Waals surface area contributed by atoms with Gasteiger partial charge in [-0.05, 0) is 61.1 Å². The van der Waals surface area contributed by atoms with E-state index in [0.717, 1.165) is 36.8 Å². The summed E-state index contributed by atoms with van der Waals surface area (Å²) in [6, 6.07) is 9.60. The Kier molecular flexibility index (Phi) is 4.47. The zero-order chi connectivity index (χ0) is 20.0. The van der Waals surface area contributed by atoms with Gasteiger partial charge in [0.25, 0.3) is 5.56 Å². The van der Waals surface area contributed by atoms with E-state index < -0.39 is 0 Å². The Hall–Kier alpha value is -2.93. The molecule has 0 aliphatic heterocycles. The number of halogens is 1. The molecule has 0 amide bonds. The first-order valence-corrected chi connectivity index (χ1v) is 10.5. The highest BCUT2D eigenvalue weighted by Crippen LogP contribution is 2.34. The van der Waals surface area contributed by atoms with E-state index in [-0.39, 0.29) is 30.2 Å². The van der Waals surface area contributed by atoms with E-state index in [2.05, 4.69) is 0 Å². The maximum absolute atomic E-state index is 13.3. The number of hydrogen-bond donors (Lipinski definition) is 0. The Balaban J connectivity index is 1.75. The summed E-state index contributed by atoms with van der Waals surface area (Å²) in [5, 5.41) is 0.651. The summed E-state index contributed by atoms with van der Waals surface area (Å²) in [4.78, 5) is 28.6. The van der Waals surface area contributed by atoms with Crippen LogP contribution in [-0.2, 0) is 25.9 Å². The number of hydrogen-bond acceptors (Lipinski definition) is 4. The number of aryl methyl sites for hydroxylation is 2. The predicted molar refractivity (Wildman–Crippen MR) is 110 cm³/mol. The molecule has 0 fully saturated rings. The predicted octanol–water partition coefficient (Wildman–Crippen LogP) is 3.93. The van der Waals surface area contributed by atoms with Crippen molar-refractivity contribution in [3.63, 3.8) is 0 Å². The number of aromatic nitrogens is 2. The third-order valence-electron chi connectivity index (χ3n) is 5.47. The van der Waals surface area contributed by atoms with E-state index in [1.54, 1.807) is 40.2 Å². The van der Waals surface area contributed by atoms with Crippen LogP contribution in [0.2, 0.25) is 0 Å². The molecule has 0 radical (unpaired) electrons. The van der Waals surface area contributed by atoms with Crippen LogP contribution in [0.1, 0.15) is 34.6 Å². The summed E-state index contributed by atoms with van der Waals surface area (Å²) >= 11 is 1.55. The molecule has 1 aliphatic carbocycles. The van der Waals surface area contributed by atoms with E-state index in [0.29, 0.717) is 16.0 Å². The van der Waals surface area contributed by atoms with Crippen LogP contribution in [0.25, 0.3) is 10.2 Å². The first-order chi connectivity index (χ1) is 14.1. The Morgan fingerprint density at radius 2 is 1.79 bits per heavy atom. The number of benzene rings is 1. The van der Waals surface area contributed by atoms with Gasteiger partial charge in [0, 0.05) is 4.88 Å². The van der Waals surface area contributed by atoms with Crippen LogP contribution in [0.5, 0.6) is 0 Å². The van der Waals surface area contributed by atoms with Crippen molar-refractivity contribution in [2.24, 2.45) is 0 Å². The SMILES string of the molecule is O=c1c2c3c(sc2n(Cc2ccc(F)cc2)c(=O)n1Cc1ccco1)CCCC3. The van der Waals surface area contributed by atoms with Crippen LogP contribution in [0.3, 0.4) is 0 Å². The normalized spacial score (nSPS) is 13.7. The molecule has 0 bridgehead atoms. The quantitative estimate of drug-likeness (QED) is 0.512. The van der Waals surface area contributed by atoms with Crippen molar-refractivity contribution in [3.8, 4) is 0 Å². The lowest BCUT2D eigenvalue weighted by Gasteiger charge is -2.13. The van der Waals surface area contributed by atoms with Gasteiger partial charge >= 0.3 is 5.69 Å². The Labute approximate surface area is 169 Å². The number of fused-ring (bicyclic) bond motifs is 3. The molecule has 5 nitrogen and oxygen atoms in total. The van der Waals surface area contributed by atoms with Crippen molar-refractivity contribution in [1.82, 2.24) is 9.13 Å². The van der Waals surface area contributed by atoms with Crippen molar-refractivity contribution in [2.75, 3.05) is 0 Å². The fourth-order valence-corrected chi connectivity index (χ4v) is 5.40. The molecule has 5 rings (SSSR count). The van der Waals surface area contributed by atoms with E-state index >= 15 is 0 Å². The van der Waals surface area contributed by atoms with Crippen molar-refractivity contribution >= 4 is 21.6 Å². The molecule has 7 heteroatoms. The summed E-state index contributed by atoms with van der Waals surface area (Å²) in [5.74, 6) is 0.238. The third-order valence-corrected chi connectivity index (χ3v) is 6.78. The van der Waals surface area contributed by atoms with Crippen LogP contribution in [0.15, 0.2) is 56.7 Å². The first-order valence-electron chi connectivity index (χ1n) is 9.66. The van der Waals surface area contributed by atoms with Gasteiger partial charge in [-0.3, -0.25) is 13.9 Å². The van der Waals surface area contributed by atoms with Gasteiger partial charge < -0.3 is 4.42 Å². The second-order valence-corrected chi connectivity index (χ2v) is 8.44. The molecule has 3 heterocycles. The lowest BCUT2D eigenvalue weighted by atomic mass is 9.97. The highest BCUT2D eigenvalue weighted by molar-refractivity contribution is 7.18. The Morgan fingerprint density at radius 3 is 2.55 bits per heavy atom. The summed E-state index contributed by atoms with van der Waals surface area (Å²) in [6.45, 7) is 0.377. The molecule has 148 valence electrons. The second kappa shape index (κ2) is 7.15. The van der Waals surface area contributed by atoms with Gasteiger partial charge in [0.05, 0.1) is 24.7 Å². The molecule has 3 aromatic heterocycles. The molecule has 1 aliphatic rings. The van der Waals surface area contributed by atoms with Crippen molar-refractivity contribution < 1.29 is 8.81 Å². The molecule has 0 spiro atoms. The van der Waals surface area contributed by atoms with E-state index in [1.165, 1.54) is 27.8 Å². The van der Waals surface area contributed by atoms with Crippen molar-refractivity contribution in [2.45, 2.75) is 38.8 Å². The first kappa shape index (κ1) is 18.1. The van der Waals surface area contributed by atoms with Crippen LogP contribution in [-0.4, -0.2) is 9.13 Å². The lowest BCUT2D eigenvalue weighted by Crippen LogP contribution is -2.40. The molecule has 0 unspecified atom stereocenters. The summed E-state index contributed by atoms with van der Waals surface area (Å²) in [7, 11) is 0. The molecule has 0 saturated heterocycles. The van der Waals surface area contributed by atoms with Gasteiger partial charge in [-0.15, -0.1) is 11.3 Å². The second-order valence-electron chi connectivity index (χ2n) is 7.36. The Morgan fingerprint density at radius 1 is 1.00 bits per heavy atom. The maximum atomic E-state index is 13.3. The van der Waals surface area contributed by atoms with Crippen LogP contribution in [0, 0.1) is 5.82 Å².